The minimum atomic E-state index is -1.09. The van der Waals surface area contributed by atoms with E-state index in [1.807, 2.05) is 0 Å². The van der Waals surface area contributed by atoms with Crippen molar-refractivity contribution in [2.24, 2.45) is 5.41 Å². The highest BCUT2D eigenvalue weighted by Crippen LogP contribution is 2.47. The van der Waals surface area contributed by atoms with Crippen LogP contribution in [0.15, 0.2) is 18.2 Å². The van der Waals surface area contributed by atoms with Crippen LogP contribution >= 0.6 is 0 Å². The maximum Gasteiger partial charge on any atom is 0.335 e. The third-order valence-electron chi connectivity index (χ3n) is 3.28. The number of rotatable bonds is 4. The van der Waals surface area contributed by atoms with Crippen LogP contribution in [0.3, 0.4) is 0 Å². The van der Waals surface area contributed by atoms with Crippen molar-refractivity contribution in [2.75, 3.05) is 5.32 Å². The van der Waals surface area contributed by atoms with Crippen LogP contribution in [0.5, 0.6) is 0 Å². The van der Waals surface area contributed by atoms with Crippen LogP contribution in [0.2, 0.25) is 0 Å². The molecule has 6 nitrogen and oxygen atoms in total. The third-order valence-corrected chi connectivity index (χ3v) is 3.28. The smallest absolute Gasteiger partial charge is 0.335 e. The third kappa shape index (κ3) is 2.27. The van der Waals surface area contributed by atoms with Gasteiger partial charge in [0.2, 0.25) is 0 Å². The summed E-state index contributed by atoms with van der Waals surface area (Å²) in [5, 5.41) is 22.8. The molecule has 1 aromatic rings. The number of carboxylic acid groups (broad SMARTS) is 1. The lowest BCUT2D eigenvalue weighted by molar-refractivity contribution is -0.384. The van der Waals surface area contributed by atoms with E-state index >= 15 is 0 Å². The number of aromatic carboxylic acids is 1. The number of nitro groups is 1. The Hall–Kier alpha value is -2.11. The van der Waals surface area contributed by atoms with Gasteiger partial charge in [0.25, 0.3) is 5.69 Å². The second kappa shape index (κ2) is 3.97. The number of nitrogens with one attached hydrogen (secondary N) is 1. The molecular formula is C12H14N2O4. The zero-order chi connectivity index (χ0) is 13.5. The summed E-state index contributed by atoms with van der Waals surface area (Å²) in [4.78, 5) is 21.2. The Morgan fingerprint density at radius 3 is 2.61 bits per heavy atom. The molecule has 0 heterocycles. The second-order valence-electron chi connectivity index (χ2n) is 5.18. The Morgan fingerprint density at radius 2 is 2.17 bits per heavy atom. The fraction of sp³-hybridized carbons (Fsp3) is 0.417. The molecule has 6 heteroatoms. The van der Waals surface area contributed by atoms with E-state index in [9.17, 15) is 14.9 Å². The van der Waals surface area contributed by atoms with Gasteiger partial charge < -0.3 is 10.4 Å². The Kier molecular flexibility index (Phi) is 2.73. The highest BCUT2D eigenvalue weighted by molar-refractivity contribution is 5.90. The van der Waals surface area contributed by atoms with E-state index in [-0.39, 0.29) is 28.4 Å². The van der Waals surface area contributed by atoms with Crippen LogP contribution in [0.1, 0.15) is 30.6 Å². The monoisotopic (exact) mass is 250 g/mol. The number of carbonyl (C=O) groups is 1. The molecule has 96 valence electrons. The molecule has 1 atom stereocenters. The first kappa shape index (κ1) is 12.3. The Morgan fingerprint density at radius 1 is 1.56 bits per heavy atom. The summed E-state index contributed by atoms with van der Waals surface area (Å²) >= 11 is 0. The van der Waals surface area contributed by atoms with Crippen molar-refractivity contribution in [3.8, 4) is 0 Å². The quantitative estimate of drug-likeness (QED) is 0.632. The predicted molar refractivity (Wildman–Crippen MR) is 65.9 cm³/mol. The molecule has 18 heavy (non-hydrogen) atoms. The van der Waals surface area contributed by atoms with E-state index in [0.29, 0.717) is 0 Å². The zero-order valence-electron chi connectivity index (χ0n) is 10.1. The number of benzene rings is 1. The van der Waals surface area contributed by atoms with Crippen LogP contribution < -0.4 is 5.32 Å². The average Bonchev–Trinajstić information content (AvgIpc) is 2.85. The van der Waals surface area contributed by atoms with Gasteiger partial charge >= 0.3 is 5.97 Å². The molecule has 1 aromatic carbocycles. The first-order chi connectivity index (χ1) is 8.31. The zero-order valence-corrected chi connectivity index (χ0v) is 10.1. The fourth-order valence-electron chi connectivity index (χ4n) is 1.85. The molecule has 0 radical (unpaired) electrons. The number of anilines is 1. The van der Waals surface area contributed by atoms with Crippen molar-refractivity contribution >= 4 is 17.3 Å². The second-order valence-corrected chi connectivity index (χ2v) is 5.18. The minimum Gasteiger partial charge on any atom is -0.478 e. The van der Waals surface area contributed by atoms with E-state index in [0.717, 1.165) is 6.42 Å². The Balaban J connectivity index is 2.32. The number of hydrogen-bond donors (Lipinski definition) is 2. The van der Waals surface area contributed by atoms with Crippen molar-refractivity contribution in [3.05, 3.63) is 33.9 Å². The summed E-state index contributed by atoms with van der Waals surface area (Å²) in [7, 11) is 0. The van der Waals surface area contributed by atoms with Gasteiger partial charge in [0.05, 0.1) is 10.5 Å². The van der Waals surface area contributed by atoms with Crippen molar-refractivity contribution < 1.29 is 14.8 Å². The molecule has 2 rings (SSSR count). The van der Waals surface area contributed by atoms with Crippen LogP contribution in [0.25, 0.3) is 0 Å². The van der Waals surface area contributed by atoms with Gasteiger partial charge in [-0.1, -0.05) is 13.8 Å². The van der Waals surface area contributed by atoms with Gasteiger partial charge in [-0.2, -0.15) is 0 Å². The van der Waals surface area contributed by atoms with Gasteiger partial charge in [-0.15, -0.1) is 0 Å². The molecule has 0 aliphatic heterocycles. The van der Waals surface area contributed by atoms with Crippen LogP contribution in [-0.4, -0.2) is 22.0 Å². The average molecular weight is 250 g/mol. The minimum absolute atomic E-state index is 0.0431. The Bertz CT molecular complexity index is 525. The highest BCUT2D eigenvalue weighted by Gasteiger charge is 2.46. The molecule has 1 aliphatic carbocycles. The largest absolute Gasteiger partial charge is 0.478 e. The standard InChI is InChI=1S/C12H14N2O4/c1-12(2)6-10(12)13-8-5-7(11(15)16)3-4-9(8)14(17)18/h3-5,10,13H,6H2,1-2H3,(H,15,16). The molecule has 0 amide bonds. The molecule has 1 unspecified atom stereocenters. The molecule has 0 saturated heterocycles. The first-order valence-electron chi connectivity index (χ1n) is 5.59. The lowest BCUT2D eigenvalue weighted by atomic mass is 10.1. The molecule has 0 bridgehead atoms. The maximum absolute atomic E-state index is 10.9. The van der Waals surface area contributed by atoms with Gasteiger partial charge in [-0.3, -0.25) is 10.1 Å². The lowest BCUT2D eigenvalue weighted by Crippen LogP contribution is -2.11. The Labute approximate surface area is 104 Å². The van der Waals surface area contributed by atoms with Crippen molar-refractivity contribution in [3.63, 3.8) is 0 Å². The van der Waals surface area contributed by atoms with E-state index in [4.69, 9.17) is 5.11 Å². The van der Waals surface area contributed by atoms with Crippen molar-refractivity contribution in [2.45, 2.75) is 26.3 Å². The maximum atomic E-state index is 10.9. The number of nitrogens with zero attached hydrogens (tertiary/aromatic N) is 1. The number of nitro benzene ring substituents is 1. The summed E-state index contributed by atoms with van der Waals surface area (Å²) in [6.07, 6.45) is 0.918. The summed E-state index contributed by atoms with van der Waals surface area (Å²) in [5.41, 5.74) is 0.326. The van der Waals surface area contributed by atoms with Crippen LogP contribution in [0.4, 0.5) is 11.4 Å². The summed E-state index contributed by atoms with van der Waals surface area (Å²) in [5.74, 6) is -1.09. The van der Waals surface area contributed by atoms with Gasteiger partial charge in [-0.05, 0) is 24.0 Å². The molecule has 0 spiro atoms. The van der Waals surface area contributed by atoms with E-state index in [2.05, 4.69) is 19.2 Å². The van der Waals surface area contributed by atoms with Crippen molar-refractivity contribution in [1.82, 2.24) is 0 Å². The van der Waals surface area contributed by atoms with Gasteiger partial charge in [0.15, 0.2) is 0 Å². The van der Waals surface area contributed by atoms with Crippen LogP contribution in [0, 0.1) is 15.5 Å². The van der Waals surface area contributed by atoms with Gasteiger partial charge in [-0.25, -0.2) is 4.79 Å². The predicted octanol–water partition coefficient (Wildman–Crippen LogP) is 2.50. The molecule has 0 aromatic heterocycles. The van der Waals surface area contributed by atoms with Crippen molar-refractivity contribution in [1.29, 1.82) is 0 Å². The van der Waals surface area contributed by atoms with Gasteiger partial charge in [0, 0.05) is 12.1 Å². The normalized spacial score (nSPS) is 20.2. The summed E-state index contributed by atoms with van der Waals surface area (Å²) < 4.78 is 0. The van der Waals surface area contributed by atoms with E-state index in [1.165, 1.54) is 18.2 Å². The van der Waals surface area contributed by atoms with E-state index in [1.54, 1.807) is 0 Å². The fourth-order valence-corrected chi connectivity index (χ4v) is 1.85. The van der Waals surface area contributed by atoms with E-state index < -0.39 is 10.9 Å². The van der Waals surface area contributed by atoms with Gasteiger partial charge in [0.1, 0.15) is 5.69 Å². The molecule has 1 fully saturated rings. The number of hydrogen-bond acceptors (Lipinski definition) is 4. The molecule has 2 N–H and O–H groups in total. The molecule has 1 aliphatic rings. The molecule has 1 saturated carbocycles. The topological polar surface area (TPSA) is 92.5 Å². The first-order valence-corrected chi connectivity index (χ1v) is 5.59. The lowest BCUT2D eigenvalue weighted by Gasteiger charge is -2.09. The number of carboxylic acids is 1. The summed E-state index contributed by atoms with van der Waals surface area (Å²) in [6, 6.07) is 3.93. The highest BCUT2D eigenvalue weighted by atomic mass is 16.6. The summed E-state index contributed by atoms with van der Waals surface area (Å²) in [6.45, 7) is 4.11. The van der Waals surface area contributed by atoms with Crippen LogP contribution in [-0.2, 0) is 0 Å². The SMILES string of the molecule is CC1(C)CC1Nc1cc(C(=O)O)ccc1[N+](=O)[O-]. The molecular weight excluding hydrogens is 236 g/mol.